The van der Waals surface area contributed by atoms with Crippen molar-refractivity contribution in [3.63, 3.8) is 0 Å². The van der Waals surface area contributed by atoms with E-state index in [1.807, 2.05) is 31.2 Å². The Morgan fingerprint density at radius 3 is 2.83 bits per heavy atom. The highest BCUT2D eigenvalue weighted by atomic mass is 16.5. The number of rotatable bonds is 6. The zero-order valence-electron chi connectivity index (χ0n) is 10.8. The average Bonchev–Trinajstić information content (AvgIpc) is 2.74. The summed E-state index contributed by atoms with van der Waals surface area (Å²) in [4.78, 5) is 0. The molecule has 0 aliphatic rings. The van der Waals surface area contributed by atoms with Crippen molar-refractivity contribution in [2.24, 2.45) is 5.73 Å². The monoisotopic (exact) mass is 249 g/mol. The van der Waals surface area contributed by atoms with Gasteiger partial charge in [-0.15, -0.1) is 0 Å². The van der Waals surface area contributed by atoms with Crippen LogP contribution in [-0.4, -0.2) is 19.8 Å². The van der Waals surface area contributed by atoms with Crippen LogP contribution >= 0.6 is 0 Å². The molecule has 1 unspecified atom stereocenters. The van der Waals surface area contributed by atoms with Crippen molar-refractivity contribution in [3.8, 4) is 0 Å². The fraction of sp³-hybridized carbons (Fsp3) is 0.429. The smallest absolute Gasteiger partial charge is 0.134 e. The molecular weight excluding hydrogens is 230 g/mol. The Balaban J connectivity index is 2.20. The van der Waals surface area contributed by atoms with Crippen LogP contribution in [0.2, 0.25) is 0 Å². The molecule has 2 rings (SSSR count). The molecule has 4 heteroatoms. The van der Waals surface area contributed by atoms with Gasteiger partial charge < -0.3 is 19.6 Å². The molecule has 0 aliphatic heterocycles. The maximum absolute atomic E-state index is 5.74. The van der Waals surface area contributed by atoms with Gasteiger partial charge in [0.15, 0.2) is 0 Å². The Bertz CT molecular complexity index is 507. The minimum atomic E-state index is 0.0503. The molecule has 18 heavy (non-hydrogen) atoms. The first-order chi connectivity index (χ1) is 8.76. The third-order valence-corrected chi connectivity index (χ3v) is 2.88. The minimum Gasteiger partial charge on any atom is -0.459 e. The van der Waals surface area contributed by atoms with E-state index in [1.54, 1.807) is 7.11 Å². The van der Waals surface area contributed by atoms with Crippen molar-refractivity contribution in [1.29, 1.82) is 0 Å². The average molecular weight is 249 g/mol. The van der Waals surface area contributed by atoms with Gasteiger partial charge >= 0.3 is 0 Å². The molecule has 0 bridgehead atoms. The second kappa shape index (κ2) is 6.00. The van der Waals surface area contributed by atoms with Gasteiger partial charge in [-0.3, -0.25) is 0 Å². The van der Waals surface area contributed by atoms with Crippen LogP contribution in [0, 0.1) is 0 Å². The molecule has 1 aromatic heterocycles. The molecule has 1 atom stereocenters. The highest BCUT2D eigenvalue weighted by Gasteiger charge is 2.13. The molecule has 0 aliphatic carbocycles. The first kappa shape index (κ1) is 13.1. The fourth-order valence-electron chi connectivity index (χ4n) is 1.98. The highest BCUT2D eigenvalue weighted by molar-refractivity contribution is 5.82. The number of ether oxygens (including phenoxy) is 2. The lowest BCUT2D eigenvalue weighted by Crippen LogP contribution is -2.15. The van der Waals surface area contributed by atoms with Crippen molar-refractivity contribution in [2.75, 3.05) is 13.7 Å². The molecule has 0 radical (unpaired) electrons. The third kappa shape index (κ3) is 2.72. The molecule has 0 saturated carbocycles. The summed E-state index contributed by atoms with van der Waals surface area (Å²) < 4.78 is 16.5. The Kier molecular flexibility index (Phi) is 4.36. The van der Waals surface area contributed by atoms with Crippen molar-refractivity contribution in [3.05, 3.63) is 35.6 Å². The quantitative estimate of drug-likeness (QED) is 0.854. The predicted molar refractivity (Wildman–Crippen MR) is 70.2 cm³/mol. The summed E-state index contributed by atoms with van der Waals surface area (Å²) in [6, 6.07) is 7.90. The second-order valence-corrected chi connectivity index (χ2v) is 4.28. The summed E-state index contributed by atoms with van der Waals surface area (Å²) in [7, 11) is 1.67. The van der Waals surface area contributed by atoms with Crippen LogP contribution in [-0.2, 0) is 22.6 Å². The van der Waals surface area contributed by atoms with Gasteiger partial charge in [-0.05, 0) is 13.0 Å². The Morgan fingerprint density at radius 2 is 2.11 bits per heavy atom. The van der Waals surface area contributed by atoms with Crippen LogP contribution in [0.15, 0.2) is 28.7 Å². The van der Waals surface area contributed by atoms with Crippen molar-refractivity contribution in [1.82, 2.24) is 0 Å². The van der Waals surface area contributed by atoms with Gasteiger partial charge in [0.1, 0.15) is 11.3 Å². The van der Waals surface area contributed by atoms with Crippen molar-refractivity contribution < 1.29 is 13.9 Å². The predicted octanol–water partition coefficient (Wildman–Crippen LogP) is 2.44. The maximum atomic E-state index is 5.74. The zero-order valence-corrected chi connectivity index (χ0v) is 10.8. The number of benzene rings is 1. The molecular formula is C14H19NO3. The summed E-state index contributed by atoms with van der Waals surface area (Å²) in [6.07, 6.45) is 0.0503. The molecule has 0 fully saturated rings. The normalized spacial score (nSPS) is 13.1. The van der Waals surface area contributed by atoms with Gasteiger partial charge in [-0.25, -0.2) is 0 Å². The van der Waals surface area contributed by atoms with E-state index in [-0.39, 0.29) is 6.10 Å². The molecule has 1 aromatic carbocycles. The van der Waals surface area contributed by atoms with Gasteiger partial charge in [0.05, 0.1) is 25.9 Å². The third-order valence-electron chi connectivity index (χ3n) is 2.88. The van der Waals surface area contributed by atoms with E-state index in [9.17, 15) is 0 Å². The van der Waals surface area contributed by atoms with Crippen LogP contribution in [0.3, 0.4) is 0 Å². The van der Waals surface area contributed by atoms with Crippen LogP contribution in [0.25, 0.3) is 11.0 Å². The Morgan fingerprint density at radius 1 is 1.33 bits per heavy atom. The molecule has 0 amide bonds. The van der Waals surface area contributed by atoms with E-state index >= 15 is 0 Å². The number of methoxy groups -OCH3 is 1. The molecule has 98 valence electrons. The van der Waals surface area contributed by atoms with Crippen LogP contribution in [0.5, 0.6) is 0 Å². The summed E-state index contributed by atoms with van der Waals surface area (Å²) >= 11 is 0. The number of fused-ring (bicyclic) bond motifs is 1. The first-order valence-corrected chi connectivity index (χ1v) is 6.06. The molecule has 2 N–H and O–H groups in total. The number of furan rings is 1. The lowest BCUT2D eigenvalue weighted by molar-refractivity contribution is -0.000233. The Hall–Kier alpha value is -1.36. The minimum absolute atomic E-state index is 0.0503. The van der Waals surface area contributed by atoms with Crippen LogP contribution in [0.1, 0.15) is 18.2 Å². The van der Waals surface area contributed by atoms with Crippen LogP contribution < -0.4 is 5.73 Å². The number of hydrogen-bond acceptors (Lipinski definition) is 4. The lowest BCUT2D eigenvalue weighted by Gasteiger charge is -2.11. The fourth-order valence-corrected chi connectivity index (χ4v) is 1.98. The van der Waals surface area contributed by atoms with E-state index in [0.29, 0.717) is 19.8 Å². The van der Waals surface area contributed by atoms with Crippen molar-refractivity contribution >= 4 is 11.0 Å². The van der Waals surface area contributed by atoms with Crippen molar-refractivity contribution in [2.45, 2.75) is 26.2 Å². The summed E-state index contributed by atoms with van der Waals surface area (Å²) in [5.41, 5.74) is 7.60. The zero-order chi connectivity index (χ0) is 13.0. The van der Waals surface area contributed by atoms with E-state index in [0.717, 1.165) is 22.3 Å². The SMILES string of the molecule is COCC(C)OCc1c(CN)oc2ccccc12. The van der Waals surface area contributed by atoms with Gasteiger partial charge in [0, 0.05) is 18.1 Å². The molecule has 4 nitrogen and oxygen atoms in total. The van der Waals surface area contributed by atoms with Gasteiger partial charge in [-0.1, -0.05) is 18.2 Å². The molecule has 0 spiro atoms. The van der Waals surface area contributed by atoms with E-state index in [1.165, 1.54) is 0 Å². The molecule has 1 heterocycles. The second-order valence-electron chi connectivity index (χ2n) is 4.28. The lowest BCUT2D eigenvalue weighted by atomic mass is 10.1. The van der Waals surface area contributed by atoms with E-state index in [2.05, 4.69) is 0 Å². The molecule has 2 aromatic rings. The maximum Gasteiger partial charge on any atom is 0.134 e. The number of nitrogens with two attached hydrogens (primary N) is 1. The highest BCUT2D eigenvalue weighted by Crippen LogP contribution is 2.26. The molecule has 0 saturated heterocycles. The summed E-state index contributed by atoms with van der Waals surface area (Å²) in [6.45, 7) is 3.43. The van der Waals surface area contributed by atoms with Gasteiger partial charge in [0.2, 0.25) is 0 Å². The summed E-state index contributed by atoms with van der Waals surface area (Å²) in [5, 5.41) is 1.07. The Labute approximate surface area is 107 Å². The van der Waals surface area contributed by atoms with Crippen LogP contribution in [0.4, 0.5) is 0 Å². The first-order valence-electron chi connectivity index (χ1n) is 6.06. The number of para-hydroxylation sites is 1. The van der Waals surface area contributed by atoms with Gasteiger partial charge in [-0.2, -0.15) is 0 Å². The number of hydrogen-bond donors (Lipinski definition) is 1. The largest absolute Gasteiger partial charge is 0.459 e. The van der Waals surface area contributed by atoms with Gasteiger partial charge in [0.25, 0.3) is 0 Å². The summed E-state index contributed by atoms with van der Waals surface area (Å²) in [5.74, 6) is 0.792. The standard InChI is InChI=1S/C14H19NO3/c1-10(8-16-2)17-9-12-11-5-3-4-6-13(11)18-14(12)7-15/h3-6,10H,7-9,15H2,1-2H3. The van der Waals surface area contributed by atoms with E-state index in [4.69, 9.17) is 19.6 Å². The topological polar surface area (TPSA) is 57.6 Å². The van der Waals surface area contributed by atoms with E-state index < -0.39 is 0 Å².